The molecule has 1 aromatic rings. The van der Waals surface area contributed by atoms with Gasteiger partial charge in [-0.05, 0) is 38.3 Å². The van der Waals surface area contributed by atoms with Crippen LogP contribution in [0.2, 0.25) is 0 Å². The fraction of sp³-hybridized carbons (Fsp3) is 0.467. The number of piperidine rings is 1. The Morgan fingerprint density at radius 3 is 2.75 bits per heavy atom. The maximum Gasteiger partial charge on any atom is 0.313 e. The molecule has 1 unspecified atom stereocenters. The molecule has 2 rings (SSSR count). The number of aliphatic hydroxyl groups is 1. The summed E-state index contributed by atoms with van der Waals surface area (Å²) in [6.07, 6.45) is 0.883. The van der Waals surface area contributed by atoms with Crippen LogP contribution in [0.3, 0.4) is 0 Å². The number of carbonyl (C=O) groups excluding carboxylic acids is 2. The van der Waals surface area contributed by atoms with E-state index >= 15 is 0 Å². The van der Waals surface area contributed by atoms with E-state index in [2.05, 4.69) is 5.32 Å². The molecule has 1 aliphatic rings. The van der Waals surface area contributed by atoms with E-state index in [1.165, 1.54) is 4.90 Å². The predicted octanol–water partition coefficient (Wildman–Crippen LogP) is 1.23. The summed E-state index contributed by atoms with van der Waals surface area (Å²) in [4.78, 5) is 25.4. The van der Waals surface area contributed by atoms with Gasteiger partial charge in [-0.15, -0.1) is 0 Å². The topological polar surface area (TPSA) is 69.6 Å². The number of hydrogen-bond donors (Lipinski definition) is 2. The van der Waals surface area contributed by atoms with Gasteiger partial charge in [-0.25, -0.2) is 0 Å². The zero-order chi connectivity index (χ0) is 14.7. The molecule has 1 heterocycles. The Kier molecular flexibility index (Phi) is 4.39. The van der Waals surface area contributed by atoms with Crippen molar-refractivity contribution in [3.63, 3.8) is 0 Å². The molecular formula is C15H20N2O3. The van der Waals surface area contributed by atoms with Crippen LogP contribution in [0.4, 0.5) is 5.69 Å². The van der Waals surface area contributed by atoms with Gasteiger partial charge >= 0.3 is 11.8 Å². The molecule has 0 saturated carbocycles. The Bertz CT molecular complexity index is 528. The third kappa shape index (κ3) is 3.36. The number of likely N-dealkylation sites (tertiary alicyclic amines) is 1. The molecule has 1 aromatic carbocycles. The highest BCUT2D eigenvalue weighted by atomic mass is 16.3. The number of rotatable bonds is 1. The van der Waals surface area contributed by atoms with E-state index in [0.717, 1.165) is 17.5 Å². The van der Waals surface area contributed by atoms with Crippen molar-refractivity contribution >= 4 is 17.5 Å². The lowest BCUT2D eigenvalue weighted by atomic mass is 10.1. The molecule has 0 spiro atoms. The smallest absolute Gasteiger partial charge is 0.313 e. The Morgan fingerprint density at radius 1 is 1.35 bits per heavy atom. The summed E-state index contributed by atoms with van der Waals surface area (Å²) >= 11 is 0. The SMILES string of the molecule is Cc1ccc(NC(=O)C(=O)N2CCCC(O)C2)c(C)c1. The van der Waals surface area contributed by atoms with Crippen LogP contribution in [0, 0.1) is 13.8 Å². The van der Waals surface area contributed by atoms with Gasteiger partial charge in [-0.3, -0.25) is 9.59 Å². The minimum absolute atomic E-state index is 0.235. The summed E-state index contributed by atoms with van der Waals surface area (Å²) in [5, 5.41) is 12.2. The van der Waals surface area contributed by atoms with E-state index < -0.39 is 17.9 Å². The van der Waals surface area contributed by atoms with Crippen molar-refractivity contribution in [2.24, 2.45) is 0 Å². The number of amides is 2. The van der Waals surface area contributed by atoms with Gasteiger partial charge in [0.1, 0.15) is 0 Å². The molecule has 20 heavy (non-hydrogen) atoms. The first kappa shape index (κ1) is 14.5. The van der Waals surface area contributed by atoms with E-state index in [1.807, 2.05) is 26.0 Å². The first-order chi connectivity index (χ1) is 9.47. The summed E-state index contributed by atoms with van der Waals surface area (Å²) in [5.41, 5.74) is 2.67. The van der Waals surface area contributed by atoms with Gasteiger partial charge in [0.2, 0.25) is 0 Å². The van der Waals surface area contributed by atoms with Crippen LogP contribution in [0.5, 0.6) is 0 Å². The normalized spacial score (nSPS) is 18.8. The molecule has 5 heteroatoms. The molecule has 1 saturated heterocycles. The number of benzene rings is 1. The summed E-state index contributed by atoms with van der Waals surface area (Å²) in [5.74, 6) is -1.23. The predicted molar refractivity (Wildman–Crippen MR) is 76.4 cm³/mol. The summed E-state index contributed by atoms with van der Waals surface area (Å²) in [6.45, 7) is 4.62. The van der Waals surface area contributed by atoms with Crippen molar-refractivity contribution in [2.45, 2.75) is 32.8 Å². The van der Waals surface area contributed by atoms with Crippen LogP contribution in [0.15, 0.2) is 18.2 Å². The van der Waals surface area contributed by atoms with E-state index in [4.69, 9.17) is 0 Å². The Balaban J connectivity index is 2.02. The molecule has 2 N–H and O–H groups in total. The van der Waals surface area contributed by atoms with Crippen LogP contribution in [-0.4, -0.2) is 41.0 Å². The summed E-state index contributed by atoms with van der Waals surface area (Å²) in [7, 11) is 0. The molecule has 2 amide bonds. The number of nitrogens with one attached hydrogen (secondary N) is 1. The van der Waals surface area contributed by atoms with E-state index in [1.54, 1.807) is 6.07 Å². The molecule has 5 nitrogen and oxygen atoms in total. The molecule has 0 radical (unpaired) electrons. The van der Waals surface area contributed by atoms with Gasteiger partial charge < -0.3 is 15.3 Å². The van der Waals surface area contributed by atoms with Crippen LogP contribution >= 0.6 is 0 Å². The van der Waals surface area contributed by atoms with Crippen LogP contribution < -0.4 is 5.32 Å². The number of aliphatic hydroxyl groups excluding tert-OH is 1. The average molecular weight is 276 g/mol. The van der Waals surface area contributed by atoms with Crippen molar-refractivity contribution in [3.8, 4) is 0 Å². The highest BCUT2D eigenvalue weighted by molar-refractivity contribution is 6.39. The molecule has 1 fully saturated rings. The second-order valence-corrected chi connectivity index (χ2v) is 5.32. The minimum Gasteiger partial charge on any atom is -0.391 e. The molecule has 108 valence electrons. The first-order valence-corrected chi connectivity index (χ1v) is 6.83. The maximum absolute atomic E-state index is 12.0. The van der Waals surface area contributed by atoms with Crippen LogP contribution in [0.1, 0.15) is 24.0 Å². The Morgan fingerprint density at radius 2 is 2.10 bits per heavy atom. The number of anilines is 1. The van der Waals surface area contributed by atoms with E-state index in [9.17, 15) is 14.7 Å². The van der Waals surface area contributed by atoms with Gasteiger partial charge in [-0.1, -0.05) is 17.7 Å². The van der Waals surface area contributed by atoms with Gasteiger partial charge in [0.15, 0.2) is 0 Å². The zero-order valence-corrected chi connectivity index (χ0v) is 11.8. The van der Waals surface area contributed by atoms with Crippen LogP contribution in [0.25, 0.3) is 0 Å². The Hall–Kier alpha value is -1.88. The highest BCUT2D eigenvalue weighted by Crippen LogP contribution is 2.16. The fourth-order valence-corrected chi connectivity index (χ4v) is 2.41. The average Bonchev–Trinajstić information content (AvgIpc) is 2.41. The van der Waals surface area contributed by atoms with Crippen molar-refractivity contribution in [1.29, 1.82) is 0 Å². The number of aryl methyl sites for hydroxylation is 2. The van der Waals surface area contributed by atoms with Crippen molar-refractivity contribution in [1.82, 2.24) is 4.90 Å². The number of carbonyl (C=O) groups is 2. The highest BCUT2D eigenvalue weighted by Gasteiger charge is 2.27. The third-order valence-electron chi connectivity index (χ3n) is 3.51. The molecule has 0 bridgehead atoms. The fourth-order valence-electron chi connectivity index (χ4n) is 2.41. The largest absolute Gasteiger partial charge is 0.391 e. The van der Waals surface area contributed by atoms with Gasteiger partial charge in [0.05, 0.1) is 6.10 Å². The van der Waals surface area contributed by atoms with E-state index in [0.29, 0.717) is 18.7 Å². The van der Waals surface area contributed by atoms with E-state index in [-0.39, 0.29) is 6.54 Å². The molecule has 0 aromatic heterocycles. The lowest BCUT2D eigenvalue weighted by molar-refractivity contribution is -0.145. The first-order valence-electron chi connectivity index (χ1n) is 6.83. The second-order valence-electron chi connectivity index (χ2n) is 5.32. The zero-order valence-electron chi connectivity index (χ0n) is 11.8. The third-order valence-corrected chi connectivity index (χ3v) is 3.51. The monoisotopic (exact) mass is 276 g/mol. The van der Waals surface area contributed by atoms with Crippen molar-refractivity contribution in [2.75, 3.05) is 18.4 Å². The minimum atomic E-state index is -0.647. The summed E-state index contributed by atoms with van der Waals surface area (Å²) in [6, 6.07) is 5.63. The van der Waals surface area contributed by atoms with Gasteiger partial charge in [-0.2, -0.15) is 0 Å². The van der Waals surface area contributed by atoms with Gasteiger partial charge in [0, 0.05) is 18.8 Å². The lowest BCUT2D eigenvalue weighted by Gasteiger charge is -2.29. The summed E-state index contributed by atoms with van der Waals surface area (Å²) < 4.78 is 0. The lowest BCUT2D eigenvalue weighted by Crippen LogP contribution is -2.46. The Labute approximate surface area is 118 Å². The molecule has 1 aliphatic heterocycles. The second kappa shape index (κ2) is 6.05. The maximum atomic E-state index is 12.0. The molecule has 1 atom stereocenters. The van der Waals surface area contributed by atoms with Gasteiger partial charge in [0.25, 0.3) is 0 Å². The van der Waals surface area contributed by atoms with Crippen molar-refractivity contribution < 1.29 is 14.7 Å². The molecular weight excluding hydrogens is 256 g/mol. The standard InChI is InChI=1S/C15H20N2O3/c1-10-5-6-13(11(2)8-10)16-14(19)15(20)17-7-3-4-12(18)9-17/h5-6,8,12,18H,3-4,7,9H2,1-2H3,(H,16,19). The molecule has 0 aliphatic carbocycles. The van der Waals surface area contributed by atoms with Crippen molar-refractivity contribution in [3.05, 3.63) is 29.3 Å². The van der Waals surface area contributed by atoms with Crippen LogP contribution in [-0.2, 0) is 9.59 Å². The quantitative estimate of drug-likeness (QED) is 0.758. The number of hydrogen-bond acceptors (Lipinski definition) is 3. The number of nitrogens with zero attached hydrogens (tertiary/aromatic N) is 1. The number of β-amino-alcohol motifs (C(OH)–C–C–N with tert-alkyl or cyclic N) is 1.